The standard InChI is InChI=1S/C16H22N6O2/c1-21(2)15-19-13(8-14(23)20-15)11-5-7-22(9-11)10-12-4-6-17-16(18-12)24-3/h4,6,8,11H,5,7,9-10H2,1-3H3,(H,19,20,23). The summed E-state index contributed by atoms with van der Waals surface area (Å²) in [5, 5.41) is 0. The van der Waals surface area contributed by atoms with Crippen molar-refractivity contribution in [1.82, 2.24) is 24.8 Å². The Kier molecular flexibility index (Phi) is 4.75. The lowest BCUT2D eigenvalue weighted by atomic mass is 10.1. The number of ether oxygens (including phenoxy) is 1. The Bertz CT molecular complexity index is 760. The molecule has 0 saturated carbocycles. The Labute approximate surface area is 140 Å². The van der Waals surface area contributed by atoms with E-state index in [-0.39, 0.29) is 11.5 Å². The molecule has 8 nitrogen and oxygen atoms in total. The molecule has 3 heterocycles. The summed E-state index contributed by atoms with van der Waals surface area (Å²) in [6, 6.07) is 3.88. The molecule has 128 valence electrons. The van der Waals surface area contributed by atoms with Gasteiger partial charge in [-0.3, -0.25) is 14.7 Å². The number of likely N-dealkylation sites (tertiary alicyclic amines) is 1. The van der Waals surface area contributed by atoms with Crippen LogP contribution < -0.4 is 15.2 Å². The molecule has 0 bridgehead atoms. The zero-order chi connectivity index (χ0) is 17.1. The number of anilines is 1. The van der Waals surface area contributed by atoms with Crippen LogP contribution in [-0.2, 0) is 6.54 Å². The summed E-state index contributed by atoms with van der Waals surface area (Å²) in [5.41, 5.74) is 1.67. The average molecular weight is 330 g/mol. The number of rotatable bonds is 5. The van der Waals surface area contributed by atoms with Gasteiger partial charge in [-0.1, -0.05) is 0 Å². The molecule has 2 aromatic rings. The fraction of sp³-hybridized carbons (Fsp3) is 0.500. The topological polar surface area (TPSA) is 87.2 Å². The van der Waals surface area contributed by atoms with E-state index in [0.717, 1.165) is 37.4 Å². The Hall–Kier alpha value is -2.48. The molecule has 1 fully saturated rings. The van der Waals surface area contributed by atoms with Crippen LogP contribution in [0.1, 0.15) is 23.7 Å². The van der Waals surface area contributed by atoms with Crippen LogP contribution in [0.2, 0.25) is 0 Å². The van der Waals surface area contributed by atoms with Crippen molar-refractivity contribution < 1.29 is 4.74 Å². The van der Waals surface area contributed by atoms with E-state index in [2.05, 4.69) is 24.8 Å². The molecule has 0 radical (unpaired) electrons. The summed E-state index contributed by atoms with van der Waals surface area (Å²) in [5.74, 6) is 0.853. The Balaban J connectivity index is 1.70. The summed E-state index contributed by atoms with van der Waals surface area (Å²) in [6.45, 7) is 2.54. The molecular weight excluding hydrogens is 308 g/mol. The van der Waals surface area contributed by atoms with Crippen molar-refractivity contribution in [2.24, 2.45) is 0 Å². The number of hydrogen-bond donors (Lipinski definition) is 1. The van der Waals surface area contributed by atoms with Crippen LogP contribution in [0.25, 0.3) is 0 Å². The number of nitrogens with one attached hydrogen (secondary N) is 1. The molecule has 0 amide bonds. The molecular formula is C16H22N6O2. The van der Waals surface area contributed by atoms with Crippen molar-refractivity contribution in [3.05, 3.63) is 40.1 Å². The number of methoxy groups -OCH3 is 1. The van der Waals surface area contributed by atoms with Gasteiger partial charge in [0.2, 0.25) is 5.95 Å². The Morgan fingerprint density at radius 3 is 3.00 bits per heavy atom. The summed E-state index contributed by atoms with van der Waals surface area (Å²) >= 11 is 0. The first-order valence-corrected chi connectivity index (χ1v) is 7.92. The van der Waals surface area contributed by atoms with Gasteiger partial charge in [-0.25, -0.2) is 9.97 Å². The lowest BCUT2D eigenvalue weighted by Crippen LogP contribution is -2.23. The molecule has 8 heteroatoms. The zero-order valence-electron chi connectivity index (χ0n) is 14.2. The molecule has 1 saturated heterocycles. The van der Waals surface area contributed by atoms with Gasteiger partial charge in [0, 0.05) is 45.4 Å². The van der Waals surface area contributed by atoms with Gasteiger partial charge in [0.05, 0.1) is 18.5 Å². The Morgan fingerprint density at radius 2 is 2.25 bits per heavy atom. The molecule has 0 aliphatic carbocycles. The summed E-state index contributed by atoms with van der Waals surface area (Å²) in [4.78, 5) is 31.7. The molecule has 0 aromatic carbocycles. The van der Waals surface area contributed by atoms with Crippen LogP contribution in [0, 0.1) is 0 Å². The third kappa shape index (κ3) is 3.70. The third-order valence-electron chi connectivity index (χ3n) is 4.12. The number of aromatic nitrogens is 4. The molecule has 1 aliphatic rings. The molecule has 0 spiro atoms. The van der Waals surface area contributed by atoms with Crippen LogP contribution in [-0.4, -0.2) is 59.1 Å². The number of hydrogen-bond acceptors (Lipinski definition) is 7. The summed E-state index contributed by atoms with van der Waals surface area (Å²) in [7, 11) is 5.29. The van der Waals surface area contributed by atoms with Crippen LogP contribution >= 0.6 is 0 Å². The van der Waals surface area contributed by atoms with E-state index in [1.807, 2.05) is 25.1 Å². The highest BCUT2D eigenvalue weighted by Gasteiger charge is 2.26. The highest BCUT2D eigenvalue weighted by molar-refractivity contribution is 5.28. The molecule has 3 rings (SSSR count). The van der Waals surface area contributed by atoms with Gasteiger partial charge < -0.3 is 9.64 Å². The third-order valence-corrected chi connectivity index (χ3v) is 4.12. The molecule has 1 atom stereocenters. The van der Waals surface area contributed by atoms with Gasteiger partial charge in [0.25, 0.3) is 5.56 Å². The highest BCUT2D eigenvalue weighted by Crippen LogP contribution is 2.26. The van der Waals surface area contributed by atoms with E-state index < -0.39 is 0 Å². The van der Waals surface area contributed by atoms with Gasteiger partial charge in [-0.05, 0) is 19.0 Å². The predicted octanol–water partition coefficient (Wildman–Crippen LogP) is 0.624. The monoisotopic (exact) mass is 330 g/mol. The minimum absolute atomic E-state index is 0.109. The van der Waals surface area contributed by atoms with Crippen molar-refractivity contribution in [1.29, 1.82) is 0 Å². The van der Waals surface area contributed by atoms with E-state index in [1.165, 1.54) is 0 Å². The van der Waals surface area contributed by atoms with Crippen molar-refractivity contribution in [3.63, 3.8) is 0 Å². The smallest absolute Gasteiger partial charge is 0.316 e. The van der Waals surface area contributed by atoms with Gasteiger partial charge in [-0.15, -0.1) is 0 Å². The highest BCUT2D eigenvalue weighted by atomic mass is 16.5. The maximum atomic E-state index is 11.8. The number of aromatic amines is 1. The number of nitrogens with zero attached hydrogens (tertiary/aromatic N) is 5. The fourth-order valence-electron chi connectivity index (χ4n) is 2.89. The molecule has 2 aromatic heterocycles. The normalized spacial score (nSPS) is 17.9. The minimum atomic E-state index is -0.109. The quantitative estimate of drug-likeness (QED) is 0.860. The first-order valence-electron chi connectivity index (χ1n) is 7.92. The molecule has 24 heavy (non-hydrogen) atoms. The lowest BCUT2D eigenvalue weighted by molar-refractivity contribution is 0.316. The first-order chi connectivity index (χ1) is 11.5. The van der Waals surface area contributed by atoms with Crippen LogP contribution in [0.3, 0.4) is 0 Å². The largest absolute Gasteiger partial charge is 0.467 e. The van der Waals surface area contributed by atoms with E-state index >= 15 is 0 Å². The minimum Gasteiger partial charge on any atom is -0.467 e. The van der Waals surface area contributed by atoms with Crippen molar-refractivity contribution >= 4 is 5.95 Å². The molecule has 1 N–H and O–H groups in total. The maximum Gasteiger partial charge on any atom is 0.316 e. The predicted molar refractivity (Wildman–Crippen MR) is 90.4 cm³/mol. The van der Waals surface area contributed by atoms with Gasteiger partial charge in [-0.2, -0.15) is 4.98 Å². The average Bonchev–Trinajstić information content (AvgIpc) is 3.03. The van der Waals surface area contributed by atoms with E-state index in [9.17, 15) is 4.79 Å². The molecule has 1 unspecified atom stereocenters. The van der Waals surface area contributed by atoms with E-state index in [4.69, 9.17) is 4.74 Å². The van der Waals surface area contributed by atoms with E-state index in [0.29, 0.717) is 12.0 Å². The fourth-order valence-corrected chi connectivity index (χ4v) is 2.89. The summed E-state index contributed by atoms with van der Waals surface area (Å²) < 4.78 is 5.06. The van der Waals surface area contributed by atoms with Crippen molar-refractivity contribution in [2.75, 3.05) is 39.2 Å². The molecule has 1 aliphatic heterocycles. The van der Waals surface area contributed by atoms with Crippen LogP contribution in [0.4, 0.5) is 5.95 Å². The number of H-pyrrole nitrogens is 1. The second kappa shape index (κ2) is 6.96. The summed E-state index contributed by atoms with van der Waals surface area (Å²) in [6.07, 6.45) is 2.68. The second-order valence-corrected chi connectivity index (χ2v) is 6.14. The SMILES string of the molecule is COc1nccc(CN2CCC(c3cc(=O)[nH]c(N(C)C)n3)C2)n1. The van der Waals surface area contributed by atoms with Gasteiger partial charge >= 0.3 is 6.01 Å². The first kappa shape index (κ1) is 16.4. The van der Waals surface area contributed by atoms with Gasteiger partial charge in [0.1, 0.15) is 0 Å². The zero-order valence-corrected chi connectivity index (χ0v) is 14.2. The second-order valence-electron chi connectivity index (χ2n) is 6.14. The van der Waals surface area contributed by atoms with Crippen LogP contribution in [0.15, 0.2) is 23.1 Å². The van der Waals surface area contributed by atoms with Gasteiger partial charge in [0.15, 0.2) is 0 Å². The van der Waals surface area contributed by atoms with Crippen molar-refractivity contribution in [3.8, 4) is 6.01 Å². The van der Waals surface area contributed by atoms with Crippen molar-refractivity contribution in [2.45, 2.75) is 18.9 Å². The Morgan fingerprint density at radius 1 is 1.42 bits per heavy atom. The van der Waals surface area contributed by atoms with Crippen LogP contribution in [0.5, 0.6) is 6.01 Å². The maximum absolute atomic E-state index is 11.8. The van der Waals surface area contributed by atoms with E-state index in [1.54, 1.807) is 19.4 Å². The lowest BCUT2D eigenvalue weighted by Gasteiger charge is -2.16.